The van der Waals surface area contributed by atoms with E-state index in [1.807, 2.05) is 6.92 Å². The first kappa shape index (κ1) is 14.6. The standard InChI is InChI=1S/C12H14BrNO4/c1-3-5-8-9(12(15)18-4-2)6-7-10(13)11(8)14(16)17/h6-7H,3-5H2,1-2H3. The number of halogens is 1. The zero-order valence-corrected chi connectivity index (χ0v) is 11.8. The van der Waals surface area contributed by atoms with Crippen LogP contribution in [0.5, 0.6) is 0 Å². The highest BCUT2D eigenvalue weighted by atomic mass is 79.9. The van der Waals surface area contributed by atoms with Gasteiger partial charge in [-0.15, -0.1) is 0 Å². The number of benzene rings is 1. The molecule has 0 heterocycles. The van der Waals surface area contributed by atoms with Crippen LogP contribution in [0, 0.1) is 10.1 Å². The van der Waals surface area contributed by atoms with E-state index in [4.69, 9.17) is 4.74 Å². The molecular formula is C12H14BrNO4. The van der Waals surface area contributed by atoms with Crippen LogP contribution in [-0.4, -0.2) is 17.5 Å². The Kier molecular flexibility index (Phi) is 5.27. The summed E-state index contributed by atoms with van der Waals surface area (Å²) in [6.45, 7) is 3.85. The summed E-state index contributed by atoms with van der Waals surface area (Å²) in [5, 5.41) is 11.1. The molecule has 6 heteroatoms. The number of ether oxygens (including phenoxy) is 1. The van der Waals surface area contributed by atoms with Crippen LogP contribution in [0.25, 0.3) is 0 Å². The van der Waals surface area contributed by atoms with Gasteiger partial charge in [-0.25, -0.2) is 4.79 Å². The van der Waals surface area contributed by atoms with Crippen molar-refractivity contribution in [3.05, 3.63) is 37.8 Å². The molecule has 0 atom stereocenters. The van der Waals surface area contributed by atoms with Crippen LogP contribution in [-0.2, 0) is 11.2 Å². The molecule has 1 aromatic rings. The average Bonchev–Trinajstić information content (AvgIpc) is 2.29. The van der Waals surface area contributed by atoms with E-state index in [-0.39, 0.29) is 17.9 Å². The van der Waals surface area contributed by atoms with Crippen molar-refractivity contribution in [2.24, 2.45) is 0 Å². The Morgan fingerprint density at radius 2 is 2.11 bits per heavy atom. The van der Waals surface area contributed by atoms with E-state index >= 15 is 0 Å². The van der Waals surface area contributed by atoms with Crippen molar-refractivity contribution in [1.82, 2.24) is 0 Å². The minimum Gasteiger partial charge on any atom is -0.462 e. The monoisotopic (exact) mass is 315 g/mol. The highest BCUT2D eigenvalue weighted by Crippen LogP contribution is 2.32. The number of rotatable bonds is 5. The number of nitro groups is 1. The van der Waals surface area contributed by atoms with Crippen LogP contribution in [0.1, 0.15) is 36.2 Å². The first-order valence-electron chi connectivity index (χ1n) is 5.65. The fraction of sp³-hybridized carbons (Fsp3) is 0.417. The predicted molar refractivity (Wildman–Crippen MR) is 70.7 cm³/mol. The summed E-state index contributed by atoms with van der Waals surface area (Å²) in [6.07, 6.45) is 1.17. The molecule has 0 radical (unpaired) electrons. The van der Waals surface area contributed by atoms with Gasteiger partial charge in [0.2, 0.25) is 0 Å². The largest absolute Gasteiger partial charge is 0.462 e. The number of carbonyl (C=O) groups excluding carboxylic acids is 1. The molecular weight excluding hydrogens is 302 g/mol. The number of nitro benzene ring substituents is 1. The van der Waals surface area contributed by atoms with E-state index in [1.165, 1.54) is 6.07 Å². The van der Waals surface area contributed by atoms with Crippen LogP contribution in [0.4, 0.5) is 5.69 Å². The lowest BCUT2D eigenvalue weighted by Gasteiger charge is -2.09. The molecule has 0 saturated heterocycles. The number of esters is 1. The van der Waals surface area contributed by atoms with Crippen LogP contribution < -0.4 is 0 Å². The second kappa shape index (κ2) is 6.49. The van der Waals surface area contributed by atoms with Crippen molar-refractivity contribution in [1.29, 1.82) is 0 Å². The topological polar surface area (TPSA) is 69.4 Å². The van der Waals surface area contributed by atoms with Crippen molar-refractivity contribution in [2.45, 2.75) is 26.7 Å². The SMILES string of the molecule is CCCc1c(C(=O)OCC)ccc(Br)c1[N+](=O)[O-]. The van der Waals surface area contributed by atoms with Crippen LogP contribution in [0.2, 0.25) is 0 Å². The average molecular weight is 316 g/mol. The number of nitrogens with zero attached hydrogens (tertiary/aromatic N) is 1. The third-order valence-electron chi connectivity index (χ3n) is 2.41. The zero-order chi connectivity index (χ0) is 13.7. The Labute approximate surface area is 113 Å². The minimum absolute atomic E-state index is 0.0533. The van der Waals surface area contributed by atoms with Crippen molar-refractivity contribution in [2.75, 3.05) is 6.61 Å². The van der Waals surface area contributed by atoms with Gasteiger partial charge in [0.15, 0.2) is 0 Å². The molecule has 0 bridgehead atoms. The quantitative estimate of drug-likeness (QED) is 0.474. The fourth-order valence-electron chi connectivity index (χ4n) is 1.71. The van der Waals surface area contributed by atoms with Gasteiger partial charge >= 0.3 is 5.97 Å². The molecule has 0 aliphatic carbocycles. The second-order valence-corrected chi connectivity index (χ2v) is 4.50. The maximum atomic E-state index is 11.8. The summed E-state index contributed by atoms with van der Waals surface area (Å²) in [5.41, 5.74) is 0.645. The Morgan fingerprint density at radius 3 is 2.61 bits per heavy atom. The molecule has 98 valence electrons. The van der Waals surface area contributed by atoms with Crippen molar-refractivity contribution in [3.63, 3.8) is 0 Å². The number of hydrogen-bond acceptors (Lipinski definition) is 4. The molecule has 0 aromatic heterocycles. The number of carbonyl (C=O) groups is 1. The van der Waals surface area contributed by atoms with E-state index in [2.05, 4.69) is 15.9 Å². The van der Waals surface area contributed by atoms with Gasteiger partial charge in [0.25, 0.3) is 5.69 Å². The summed E-state index contributed by atoms with van der Waals surface area (Å²) in [6, 6.07) is 3.06. The first-order valence-corrected chi connectivity index (χ1v) is 6.45. The highest BCUT2D eigenvalue weighted by molar-refractivity contribution is 9.10. The molecule has 0 spiro atoms. The minimum atomic E-state index is -0.517. The molecule has 0 N–H and O–H groups in total. The lowest BCUT2D eigenvalue weighted by molar-refractivity contribution is -0.386. The van der Waals surface area contributed by atoms with Gasteiger partial charge in [-0.1, -0.05) is 13.3 Å². The van der Waals surface area contributed by atoms with E-state index in [0.717, 1.165) is 0 Å². The first-order chi connectivity index (χ1) is 8.52. The maximum absolute atomic E-state index is 11.8. The van der Waals surface area contributed by atoms with E-state index < -0.39 is 10.9 Å². The highest BCUT2D eigenvalue weighted by Gasteiger charge is 2.24. The smallest absolute Gasteiger partial charge is 0.338 e. The van der Waals surface area contributed by atoms with Gasteiger partial charge in [-0.05, 0) is 41.4 Å². The van der Waals surface area contributed by atoms with Gasteiger partial charge in [0.1, 0.15) is 0 Å². The van der Waals surface area contributed by atoms with Crippen molar-refractivity contribution >= 4 is 27.6 Å². The molecule has 0 saturated carbocycles. The summed E-state index contributed by atoms with van der Waals surface area (Å²) in [5.74, 6) is -0.517. The summed E-state index contributed by atoms with van der Waals surface area (Å²) < 4.78 is 5.29. The molecule has 1 aromatic carbocycles. The molecule has 1 rings (SSSR count). The fourth-order valence-corrected chi connectivity index (χ4v) is 2.22. The lowest BCUT2D eigenvalue weighted by Crippen LogP contribution is -2.10. The van der Waals surface area contributed by atoms with Crippen molar-refractivity contribution in [3.8, 4) is 0 Å². The second-order valence-electron chi connectivity index (χ2n) is 3.65. The Bertz CT molecular complexity index is 473. The van der Waals surface area contributed by atoms with Gasteiger partial charge in [-0.2, -0.15) is 0 Å². The third-order valence-corrected chi connectivity index (χ3v) is 3.05. The molecule has 0 fully saturated rings. The van der Waals surface area contributed by atoms with Gasteiger partial charge in [0, 0.05) is 5.56 Å². The van der Waals surface area contributed by atoms with Crippen molar-refractivity contribution < 1.29 is 14.5 Å². The maximum Gasteiger partial charge on any atom is 0.338 e. The van der Waals surface area contributed by atoms with E-state index in [0.29, 0.717) is 22.9 Å². The zero-order valence-electron chi connectivity index (χ0n) is 10.2. The van der Waals surface area contributed by atoms with Crippen LogP contribution in [0.3, 0.4) is 0 Å². The molecule has 5 nitrogen and oxygen atoms in total. The summed E-state index contributed by atoms with van der Waals surface area (Å²) >= 11 is 3.15. The Morgan fingerprint density at radius 1 is 1.44 bits per heavy atom. The van der Waals surface area contributed by atoms with E-state index in [9.17, 15) is 14.9 Å². The normalized spacial score (nSPS) is 10.2. The summed E-state index contributed by atoms with van der Waals surface area (Å²) in [4.78, 5) is 22.4. The molecule has 0 aliphatic heterocycles. The molecule has 0 amide bonds. The third kappa shape index (κ3) is 3.07. The molecule has 0 unspecified atom stereocenters. The van der Waals surface area contributed by atoms with Gasteiger partial charge in [0.05, 0.1) is 21.6 Å². The predicted octanol–water partition coefficient (Wildman–Crippen LogP) is 3.49. The van der Waals surface area contributed by atoms with Crippen LogP contribution >= 0.6 is 15.9 Å². The van der Waals surface area contributed by atoms with Crippen LogP contribution in [0.15, 0.2) is 16.6 Å². The van der Waals surface area contributed by atoms with Gasteiger partial charge in [-0.3, -0.25) is 10.1 Å². The number of hydrogen-bond donors (Lipinski definition) is 0. The van der Waals surface area contributed by atoms with E-state index in [1.54, 1.807) is 13.0 Å². The Hall–Kier alpha value is -1.43. The van der Waals surface area contributed by atoms with Gasteiger partial charge < -0.3 is 4.74 Å². The summed E-state index contributed by atoms with van der Waals surface area (Å²) in [7, 11) is 0. The molecule has 0 aliphatic rings. The molecule has 18 heavy (non-hydrogen) atoms. The lowest BCUT2D eigenvalue weighted by atomic mass is 10.0. The Balaban J connectivity index is 3.38.